The topological polar surface area (TPSA) is 122 Å². The van der Waals surface area contributed by atoms with Crippen LogP contribution >= 0.6 is 0 Å². The van der Waals surface area contributed by atoms with Gasteiger partial charge in [-0.15, -0.1) is 0 Å². The van der Waals surface area contributed by atoms with E-state index in [0.29, 0.717) is 43.4 Å². The molecule has 9 heteroatoms. The maximum atomic E-state index is 11.7. The van der Waals surface area contributed by atoms with Gasteiger partial charge in [-0.25, -0.2) is 9.67 Å². The minimum absolute atomic E-state index is 0.0115. The van der Waals surface area contributed by atoms with E-state index < -0.39 is 12.1 Å². The van der Waals surface area contributed by atoms with Crippen molar-refractivity contribution in [1.29, 1.82) is 0 Å². The molecule has 2 aliphatic rings. The average molecular weight is 388 g/mol. The van der Waals surface area contributed by atoms with Crippen molar-refractivity contribution in [2.45, 2.75) is 43.7 Å². The van der Waals surface area contributed by atoms with E-state index >= 15 is 0 Å². The minimum atomic E-state index is -0.503. The molecular formula is C19H24N4O5. The fourth-order valence-corrected chi connectivity index (χ4v) is 3.69. The molecule has 3 N–H and O–H groups in total. The van der Waals surface area contributed by atoms with E-state index in [2.05, 4.69) is 10.1 Å². The summed E-state index contributed by atoms with van der Waals surface area (Å²) >= 11 is 0. The van der Waals surface area contributed by atoms with Gasteiger partial charge in [-0.3, -0.25) is 4.79 Å². The van der Waals surface area contributed by atoms with Crippen LogP contribution in [0.1, 0.15) is 36.8 Å². The second kappa shape index (κ2) is 7.76. The lowest BCUT2D eigenvalue weighted by molar-refractivity contribution is -0.139. The molecule has 28 heavy (non-hydrogen) atoms. The summed E-state index contributed by atoms with van der Waals surface area (Å²) in [4.78, 5) is 16.3. The van der Waals surface area contributed by atoms with E-state index in [-0.39, 0.29) is 18.4 Å². The highest BCUT2D eigenvalue weighted by atomic mass is 16.6. The first kappa shape index (κ1) is 18.7. The van der Waals surface area contributed by atoms with Crippen molar-refractivity contribution in [3.05, 3.63) is 29.8 Å². The van der Waals surface area contributed by atoms with Crippen LogP contribution in [-0.2, 0) is 16.0 Å². The summed E-state index contributed by atoms with van der Waals surface area (Å²) in [6.45, 7) is 1.01. The maximum Gasteiger partial charge on any atom is 0.313 e. The minimum Gasteiger partial charge on any atom is -0.486 e. The molecule has 2 heterocycles. The SMILES string of the molecule is COC(=O)Cc1nc([C@H]2CC[C@@H](O)[C@H](N)C2)n(-c2ccc3c(c2)OCCO3)n1. The normalized spacial score (nSPS) is 24.0. The highest BCUT2D eigenvalue weighted by molar-refractivity contribution is 5.71. The van der Waals surface area contributed by atoms with Gasteiger partial charge >= 0.3 is 5.97 Å². The first-order valence-electron chi connectivity index (χ1n) is 9.41. The first-order valence-corrected chi connectivity index (χ1v) is 9.41. The molecule has 1 aromatic carbocycles. The zero-order valence-electron chi connectivity index (χ0n) is 15.7. The predicted molar refractivity (Wildman–Crippen MR) is 98.6 cm³/mol. The van der Waals surface area contributed by atoms with Gasteiger partial charge < -0.3 is 25.1 Å². The van der Waals surface area contributed by atoms with Crippen LogP contribution in [-0.4, -0.2) is 58.3 Å². The highest BCUT2D eigenvalue weighted by Crippen LogP contribution is 2.35. The van der Waals surface area contributed by atoms with E-state index in [4.69, 9.17) is 19.9 Å². The number of aromatic nitrogens is 3. The number of ether oxygens (including phenoxy) is 3. The molecule has 0 spiro atoms. The summed E-state index contributed by atoms with van der Waals surface area (Å²) in [5.41, 5.74) is 6.84. The quantitative estimate of drug-likeness (QED) is 0.735. The van der Waals surface area contributed by atoms with Crippen LogP contribution in [0.2, 0.25) is 0 Å². The lowest BCUT2D eigenvalue weighted by Crippen LogP contribution is -2.40. The molecule has 1 aromatic heterocycles. The van der Waals surface area contributed by atoms with Crippen molar-refractivity contribution in [3.8, 4) is 17.2 Å². The number of nitrogens with two attached hydrogens (primary N) is 1. The van der Waals surface area contributed by atoms with Gasteiger partial charge in [0.25, 0.3) is 0 Å². The summed E-state index contributed by atoms with van der Waals surface area (Å²) in [5, 5.41) is 14.5. The van der Waals surface area contributed by atoms with E-state index in [1.165, 1.54) is 7.11 Å². The number of aliphatic hydroxyl groups is 1. The van der Waals surface area contributed by atoms with Gasteiger partial charge in [0, 0.05) is 18.0 Å². The Bertz CT molecular complexity index is 868. The fourth-order valence-electron chi connectivity index (χ4n) is 3.69. The van der Waals surface area contributed by atoms with Crippen LogP contribution < -0.4 is 15.2 Å². The lowest BCUT2D eigenvalue weighted by Gasteiger charge is -2.30. The molecule has 1 fully saturated rings. The van der Waals surface area contributed by atoms with Crippen LogP contribution in [0.3, 0.4) is 0 Å². The molecule has 3 atom stereocenters. The van der Waals surface area contributed by atoms with Gasteiger partial charge in [0.15, 0.2) is 17.3 Å². The van der Waals surface area contributed by atoms with E-state index in [9.17, 15) is 9.90 Å². The molecule has 0 bridgehead atoms. The van der Waals surface area contributed by atoms with E-state index in [1.807, 2.05) is 18.2 Å². The van der Waals surface area contributed by atoms with Crippen LogP contribution in [0, 0.1) is 0 Å². The summed E-state index contributed by atoms with van der Waals surface area (Å²) in [6, 6.07) is 5.26. The Hall–Kier alpha value is -2.65. The first-order chi connectivity index (χ1) is 13.5. The Morgan fingerprint density at radius 2 is 2.11 bits per heavy atom. The Kier molecular flexibility index (Phi) is 5.19. The number of methoxy groups -OCH3 is 1. The van der Waals surface area contributed by atoms with Gasteiger partial charge in [0.1, 0.15) is 25.5 Å². The molecule has 0 unspecified atom stereocenters. The van der Waals surface area contributed by atoms with Gasteiger partial charge in [-0.2, -0.15) is 5.10 Å². The van der Waals surface area contributed by atoms with Gasteiger partial charge in [0.2, 0.25) is 0 Å². The molecule has 2 aromatic rings. The third-order valence-corrected chi connectivity index (χ3v) is 5.20. The van der Waals surface area contributed by atoms with Crippen molar-refractivity contribution in [2.75, 3.05) is 20.3 Å². The maximum absolute atomic E-state index is 11.7. The zero-order valence-corrected chi connectivity index (χ0v) is 15.7. The lowest BCUT2D eigenvalue weighted by atomic mass is 9.83. The number of esters is 1. The monoisotopic (exact) mass is 388 g/mol. The molecule has 0 amide bonds. The van der Waals surface area contributed by atoms with Crippen LogP contribution in [0.4, 0.5) is 0 Å². The van der Waals surface area contributed by atoms with E-state index in [0.717, 1.165) is 17.9 Å². The fraction of sp³-hybridized carbons (Fsp3) is 0.526. The molecule has 1 saturated carbocycles. The van der Waals surface area contributed by atoms with Crippen LogP contribution in [0.5, 0.6) is 11.5 Å². The molecule has 150 valence electrons. The second-order valence-corrected chi connectivity index (χ2v) is 7.12. The number of fused-ring (bicyclic) bond motifs is 1. The van der Waals surface area contributed by atoms with Crippen molar-refractivity contribution < 1.29 is 24.1 Å². The number of hydrogen-bond acceptors (Lipinski definition) is 8. The average Bonchev–Trinajstić information content (AvgIpc) is 3.13. The van der Waals surface area contributed by atoms with Crippen LogP contribution in [0.15, 0.2) is 18.2 Å². The summed E-state index contributed by atoms with van der Waals surface area (Å²) in [5.74, 6) is 2.08. The van der Waals surface area contributed by atoms with Crippen molar-refractivity contribution in [2.24, 2.45) is 5.73 Å². The van der Waals surface area contributed by atoms with Gasteiger partial charge in [-0.05, 0) is 31.4 Å². The number of rotatable bonds is 4. The molecule has 0 saturated heterocycles. The second-order valence-electron chi connectivity index (χ2n) is 7.12. The summed E-state index contributed by atoms with van der Waals surface area (Å²) in [7, 11) is 1.34. The standard InChI is InChI=1S/C19H24N4O5/c1-26-18(25)10-17-21-19(11-2-4-14(24)13(20)8-11)23(22-17)12-3-5-15-16(9-12)28-7-6-27-15/h3,5,9,11,13-14,24H,2,4,6-8,10,20H2,1H3/t11-,13+,14+/m0/s1. The van der Waals surface area contributed by atoms with Gasteiger partial charge in [-0.1, -0.05) is 0 Å². The Morgan fingerprint density at radius 3 is 2.86 bits per heavy atom. The number of benzene rings is 1. The number of nitrogens with zero attached hydrogens (tertiary/aromatic N) is 3. The molecule has 4 rings (SSSR count). The zero-order chi connectivity index (χ0) is 19.7. The number of carbonyl (C=O) groups is 1. The molecular weight excluding hydrogens is 364 g/mol. The van der Waals surface area contributed by atoms with E-state index in [1.54, 1.807) is 4.68 Å². The highest BCUT2D eigenvalue weighted by Gasteiger charge is 2.31. The summed E-state index contributed by atoms with van der Waals surface area (Å²) in [6.07, 6.45) is 1.43. The predicted octanol–water partition coefficient (Wildman–Crippen LogP) is 0.710. The third-order valence-electron chi connectivity index (χ3n) is 5.20. The Balaban J connectivity index is 1.71. The molecule has 1 aliphatic heterocycles. The Labute approximate surface area is 162 Å². The largest absolute Gasteiger partial charge is 0.486 e. The van der Waals surface area contributed by atoms with Crippen molar-refractivity contribution >= 4 is 5.97 Å². The Morgan fingerprint density at radius 1 is 1.32 bits per heavy atom. The molecule has 9 nitrogen and oxygen atoms in total. The number of carbonyl (C=O) groups excluding carboxylic acids is 1. The van der Waals surface area contributed by atoms with Crippen molar-refractivity contribution in [1.82, 2.24) is 14.8 Å². The molecule has 1 aliphatic carbocycles. The third kappa shape index (κ3) is 3.67. The van der Waals surface area contributed by atoms with Crippen LogP contribution in [0.25, 0.3) is 5.69 Å². The number of hydrogen-bond donors (Lipinski definition) is 2. The molecule has 0 radical (unpaired) electrons. The summed E-state index contributed by atoms with van der Waals surface area (Å²) < 4.78 is 17.7. The van der Waals surface area contributed by atoms with Gasteiger partial charge in [0.05, 0.1) is 18.9 Å². The smallest absolute Gasteiger partial charge is 0.313 e. The van der Waals surface area contributed by atoms with Crippen molar-refractivity contribution in [3.63, 3.8) is 0 Å². The number of aliphatic hydroxyl groups excluding tert-OH is 1.